The van der Waals surface area contributed by atoms with Crippen LogP contribution < -0.4 is 10.9 Å². The number of hydrogen-bond donors (Lipinski definition) is 1. The van der Waals surface area contributed by atoms with Crippen LogP contribution in [-0.4, -0.2) is 35.5 Å². The number of hydrogen-bond acceptors (Lipinski definition) is 6. The number of anilines is 1. The van der Waals surface area contributed by atoms with E-state index in [0.29, 0.717) is 22.8 Å². The summed E-state index contributed by atoms with van der Waals surface area (Å²) in [4.78, 5) is 25.7. The van der Waals surface area contributed by atoms with Crippen LogP contribution in [0.5, 0.6) is 0 Å². The van der Waals surface area contributed by atoms with Gasteiger partial charge in [-0.3, -0.25) is 9.59 Å². The molecule has 0 aliphatic heterocycles. The zero-order valence-electron chi connectivity index (χ0n) is 17.4. The lowest BCUT2D eigenvalue weighted by Crippen LogP contribution is -2.31. The van der Waals surface area contributed by atoms with E-state index in [1.807, 2.05) is 26.0 Å². The number of aromatic nitrogens is 6. The second-order valence-electron chi connectivity index (χ2n) is 8.34. The van der Waals surface area contributed by atoms with Crippen molar-refractivity contribution in [3.05, 3.63) is 58.3 Å². The lowest BCUT2D eigenvalue weighted by Gasteiger charge is -2.26. The molecule has 0 spiro atoms. The fraction of sp³-hybridized carbons (Fsp3) is 0.364. The molecule has 31 heavy (non-hydrogen) atoms. The molecular formula is C22H23N7O2. The summed E-state index contributed by atoms with van der Waals surface area (Å²) >= 11 is 0. The van der Waals surface area contributed by atoms with Gasteiger partial charge < -0.3 is 5.32 Å². The van der Waals surface area contributed by atoms with Crippen molar-refractivity contribution < 1.29 is 4.79 Å². The normalized spacial score (nSPS) is 14.3. The van der Waals surface area contributed by atoms with E-state index in [2.05, 4.69) is 31.8 Å². The average Bonchev–Trinajstić information content (AvgIpc) is 3.16. The summed E-state index contributed by atoms with van der Waals surface area (Å²) in [5.41, 5.74) is 2.41. The van der Waals surface area contributed by atoms with Gasteiger partial charge in [0.1, 0.15) is 12.9 Å². The molecule has 1 saturated carbocycles. The molecule has 0 unspecified atom stereocenters. The highest BCUT2D eigenvalue weighted by Crippen LogP contribution is 2.37. The van der Waals surface area contributed by atoms with Crippen LogP contribution in [0, 0.1) is 0 Å². The van der Waals surface area contributed by atoms with Crippen molar-refractivity contribution in [1.29, 1.82) is 0 Å². The second kappa shape index (κ2) is 7.57. The average molecular weight is 417 g/mol. The Morgan fingerprint density at radius 3 is 2.74 bits per heavy atom. The molecule has 158 valence electrons. The van der Waals surface area contributed by atoms with Crippen LogP contribution in [0.1, 0.15) is 56.2 Å². The standard InChI is InChI=1S/C22H23N7O2/c1-13(2)21-17-10-15(14-4-3-5-14)6-7-16(17)22(31)28(27-21)11-20(30)24-18-8-9-19-25-23-12-29(19)26-18/h6-10,12-14H,3-5,11H2,1-2H3,(H,24,26,30). The Morgan fingerprint density at radius 2 is 2.00 bits per heavy atom. The molecule has 0 saturated heterocycles. The first kappa shape index (κ1) is 19.3. The third-order valence-electron chi connectivity index (χ3n) is 5.86. The number of carbonyl (C=O) groups is 1. The minimum Gasteiger partial charge on any atom is -0.308 e. The van der Waals surface area contributed by atoms with Crippen molar-refractivity contribution in [3.63, 3.8) is 0 Å². The number of benzene rings is 1. The maximum atomic E-state index is 13.1. The fourth-order valence-electron chi connectivity index (χ4n) is 3.97. The van der Waals surface area contributed by atoms with Gasteiger partial charge in [0, 0.05) is 5.39 Å². The number of carbonyl (C=O) groups excluding carboxylic acids is 1. The predicted molar refractivity (Wildman–Crippen MR) is 116 cm³/mol. The van der Waals surface area contributed by atoms with E-state index < -0.39 is 0 Å². The highest BCUT2D eigenvalue weighted by atomic mass is 16.2. The Bertz CT molecular complexity index is 1350. The fourth-order valence-corrected chi connectivity index (χ4v) is 3.97. The molecule has 3 heterocycles. The largest absolute Gasteiger partial charge is 0.308 e. The topological polar surface area (TPSA) is 107 Å². The number of rotatable bonds is 5. The Morgan fingerprint density at radius 1 is 1.16 bits per heavy atom. The lowest BCUT2D eigenvalue weighted by molar-refractivity contribution is -0.117. The van der Waals surface area contributed by atoms with Gasteiger partial charge in [-0.15, -0.1) is 15.3 Å². The molecule has 9 nitrogen and oxygen atoms in total. The van der Waals surface area contributed by atoms with Crippen LogP contribution >= 0.6 is 0 Å². The van der Waals surface area contributed by atoms with E-state index in [-0.39, 0.29) is 23.9 Å². The van der Waals surface area contributed by atoms with E-state index >= 15 is 0 Å². The van der Waals surface area contributed by atoms with Gasteiger partial charge in [-0.2, -0.15) is 9.61 Å². The summed E-state index contributed by atoms with van der Waals surface area (Å²) in [6.45, 7) is 3.90. The molecule has 0 radical (unpaired) electrons. The Balaban J connectivity index is 1.46. The number of nitrogens with one attached hydrogen (secondary N) is 1. The zero-order chi connectivity index (χ0) is 21.5. The van der Waals surface area contributed by atoms with E-state index in [9.17, 15) is 9.59 Å². The third-order valence-corrected chi connectivity index (χ3v) is 5.86. The summed E-state index contributed by atoms with van der Waals surface area (Å²) < 4.78 is 2.71. The number of fused-ring (bicyclic) bond motifs is 2. The van der Waals surface area contributed by atoms with Crippen molar-refractivity contribution in [2.24, 2.45) is 0 Å². The van der Waals surface area contributed by atoms with Gasteiger partial charge in [-0.05, 0) is 54.5 Å². The molecule has 5 rings (SSSR count). The molecule has 1 N–H and O–H groups in total. The summed E-state index contributed by atoms with van der Waals surface area (Å²) in [6, 6.07) is 9.38. The lowest BCUT2D eigenvalue weighted by atomic mass is 9.79. The minimum absolute atomic E-state index is 0.117. The van der Waals surface area contributed by atoms with Crippen LogP contribution in [0.15, 0.2) is 41.5 Å². The van der Waals surface area contributed by atoms with Crippen molar-refractivity contribution in [2.45, 2.75) is 51.5 Å². The molecule has 9 heteroatoms. The molecule has 1 fully saturated rings. The van der Waals surface area contributed by atoms with E-state index in [1.54, 1.807) is 12.1 Å². The molecule has 3 aromatic heterocycles. The van der Waals surface area contributed by atoms with Gasteiger partial charge in [0.2, 0.25) is 5.91 Å². The first-order valence-electron chi connectivity index (χ1n) is 10.5. The molecular weight excluding hydrogens is 394 g/mol. The van der Waals surface area contributed by atoms with Crippen LogP contribution in [0.2, 0.25) is 0 Å². The molecule has 1 aromatic carbocycles. The predicted octanol–water partition coefficient (Wildman–Crippen LogP) is 2.86. The smallest absolute Gasteiger partial charge is 0.275 e. The highest BCUT2D eigenvalue weighted by Gasteiger charge is 2.22. The van der Waals surface area contributed by atoms with Crippen LogP contribution in [-0.2, 0) is 11.3 Å². The first-order chi connectivity index (χ1) is 15.0. The molecule has 1 aliphatic carbocycles. The van der Waals surface area contributed by atoms with Crippen LogP contribution in [0.3, 0.4) is 0 Å². The summed E-state index contributed by atoms with van der Waals surface area (Å²) in [5, 5.41) is 20.6. The summed E-state index contributed by atoms with van der Waals surface area (Å²) in [7, 11) is 0. The molecule has 1 aliphatic rings. The third kappa shape index (κ3) is 3.56. The van der Waals surface area contributed by atoms with Gasteiger partial charge in [0.15, 0.2) is 11.5 Å². The van der Waals surface area contributed by atoms with Gasteiger partial charge in [0.25, 0.3) is 5.56 Å². The Hall–Kier alpha value is -3.62. The van der Waals surface area contributed by atoms with Gasteiger partial charge in [0.05, 0.1) is 11.1 Å². The van der Waals surface area contributed by atoms with Crippen molar-refractivity contribution in [2.75, 3.05) is 5.32 Å². The van der Waals surface area contributed by atoms with Crippen LogP contribution in [0.25, 0.3) is 16.4 Å². The second-order valence-corrected chi connectivity index (χ2v) is 8.34. The maximum Gasteiger partial charge on any atom is 0.275 e. The van der Waals surface area contributed by atoms with E-state index in [0.717, 1.165) is 11.1 Å². The van der Waals surface area contributed by atoms with Gasteiger partial charge in [-0.1, -0.05) is 26.3 Å². The van der Waals surface area contributed by atoms with Gasteiger partial charge >= 0.3 is 0 Å². The molecule has 0 bridgehead atoms. The quantitative estimate of drug-likeness (QED) is 0.535. The summed E-state index contributed by atoms with van der Waals surface area (Å²) in [6.07, 6.45) is 5.10. The van der Waals surface area contributed by atoms with Crippen molar-refractivity contribution >= 4 is 28.1 Å². The number of amides is 1. The zero-order valence-corrected chi connectivity index (χ0v) is 17.4. The minimum atomic E-state index is -0.380. The molecule has 1 amide bonds. The van der Waals surface area contributed by atoms with Crippen LogP contribution in [0.4, 0.5) is 5.82 Å². The molecule has 4 aromatic rings. The van der Waals surface area contributed by atoms with E-state index in [1.165, 1.54) is 40.4 Å². The highest BCUT2D eigenvalue weighted by molar-refractivity contribution is 5.90. The van der Waals surface area contributed by atoms with E-state index in [4.69, 9.17) is 0 Å². The Labute approximate surface area is 178 Å². The van der Waals surface area contributed by atoms with Crippen molar-refractivity contribution in [3.8, 4) is 0 Å². The molecule has 0 atom stereocenters. The Kier molecular flexibility index (Phi) is 4.72. The van der Waals surface area contributed by atoms with Gasteiger partial charge in [-0.25, -0.2) is 4.68 Å². The maximum absolute atomic E-state index is 13.1. The van der Waals surface area contributed by atoms with Crippen molar-refractivity contribution in [1.82, 2.24) is 29.6 Å². The SMILES string of the molecule is CC(C)c1nn(CC(=O)Nc2ccc3nncn3n2)c(=O)c2ccc(C3CCC3)cc12. The first-order valence-corrected chi connectivity index (χ1v) is 10.5. The summed E-state index contributed by atoms with van der Waals surface area (Å²) in [5.74, 6) is 0.662. The number of nitrogens with zero attached hydrogens (tertiary/aromatic N) is 6. The monoisotopic (exact) mass is 417 g/mol.